The van der Waals surface area contributed by atoms with Gasteiger partial charge in [0.25, 0.3) is 0 Å². The summed E-state index contributed by atoms with van der Waals surface area (Å²) in [5.74, 6) is 0.964. The second-order valence-electron chi connectivity index (χ2n) is 8.32. The third kappa shape index (κ3) is 6.08. The lowest BCUT2D eigenvalue weighted by atomic mass is 9.90. The first-order chi connectivity index (χ1) is 15.7. The van der Waals surface area contributed by atoms with Crippen molar-refractivity contribution in [1.29, 1.82) is 0 Å². The number of nitrogens with zero attached hydrogens (tertiary/aromatic N) is 2. The average Bonchev–Trinajstić information content (AvgIpc) is 2.82. The van der Waals surface area contributed by atoms with Crippen molar-refractivity contribution in [2.24, 2.45) is 4.99 Å². The first-order valence-corrected chi connectivity index (χ1v) is 11.5. The second-order valence-corrected chi connectivity index (χ2v) is 8.32. The molecule has 1 saturated heterocycles. The molecule has 1 fully saturated rings. The Morgan fingerprint density at radius 1 is 1.09 bits per heavy atom. The van der Waals surface area contributed by atoms with Gasteiger partial charge in [-0.3, -0.25) is 9.69 Å². The highest BCUT2D eigenvalue weighted by atomic mass is 16.5. The zero-order chi connectivity index (χ0) is 22.2. The maximum atomic E-state index is 12.1. The Hall–Kier alpha value is -2.90. The first kappa shape index (κ1) is 22.3. The van der Waals surface area contributed by atoms with Gasteiger partial charge >= 0.3 is 0 Å². The zero-order valence-corrected chi connectivity index (χ0v) is 18.8. The molecule has 2 aliphatic rings. The van der Waals surface area contributed by atoms with E-state index in [4.69, 9.17) is 9.73 Å². The predicted molar refractivity (Wildman–Crippen MR) is 128 cm³/mol. The van der Waals surface area contributed by atoms with E-state index in [9.17, 15) is 4.79 Å². The summed E-state index contributed by atoms with van der Waals surface area (Å²) < 4.78 is 5.42. The Labute approximate surface area is 190 Å². The molecule has 2 aliphatic heterocycles. The van der Waals surface area contributed by atoms with Crippen molar-refractivity contribution in [1.82, 2.24) is 15.5 Å². The van der Waals surface area contributed by atoms with Gasteiger partial charge in [0.1, 0.15) is 0 Å². The van der Waals surface area contributed by atoms with Crippen LogP contribution in [0.15, 0.2) is 53.5 Å². The van der Waals surface area contributed by atoms with Gasteiger partial charge in [-0.25, -0.2) is 4.99 Å². The van der Waals surface area contributed by atoms with Crippen molar-refractivity contribution in [3.63, 3.8) is 0 Å². The number of amides is 1. The van der Waals surface area contributed by atoms with Crippen LogP contribution in [0.25, 0.3) is 0 Å². The Morgan fingerprint density at radius 2 is 1.84 bits per heavy atom. The molecule has 0 spiro atoms. The number of carbonyl (C=O) groups is 1. The number of guanidine groups is 1. The second kappa shape index (κ2) is 11.1. The van der Waals surface area contributed by atoms with Crippen LogP contribution in [0.3, 0.4) is 0 Å². The van der Waals surface area contributed by atoms with Crippen LogP contribution >= 0.6 is 0 Å². The Balaban J connectivity index is 1.33. The highest BCUT2D eigenvalue weighted by molar-refractivity contribution is 5.94. The molecule has 2 aromatic rings. The van der Waals surface area contributed by atoms with Crippen molar-refractivity contribution in [2.75, 3.05) is 44.7 Å². The number of hydrogen-bond donors (Lipinski definition) is 3. The van der Waals surface area contributed by atoms with Crippen LogP contribution in [0.5, 0.6) is 0 Å². The minimum absolute atomic E-state index is 0.0645. The number of ether oxygens (including phenoxy) is 1. The van der Waals surface area contributed by atoms with Crippen molar-refractivity contribution in [3.8, 4) is 0 Å². The van der Waals surface area contributed by atoms with E-state index >= 15 is 0 Å². The lowest BCUT2D eigenvalue weighted by Gasteiger charge is -2.26. The third-order valence-corrected chi connectivity index (χ3v) is 5.92. The number of fused-ring (bicyclic) bond motifs is 1. The minimum atomic E-state index is 0.0645. The normalized spacial score (nSPS) is 19.2. The lowest BCUT2D eigenvalue weighted by molar-refractivity contribution is -0.116. The molecule has 1 amide bonds. The van der Waals surface area contributed by atoms with E-state index in [1.165, 1.54) is 16.7 Å². The van der Waals surface area contributed by atoms with Gasteiger partial charge in [-0.2, -0.15) is 0 Å². The molecule has 170 valence electrons. The van der Waals surface area contributed by atoms with Gasteiger partial charge in [0.15, 0.2) is 5.96 Å². The molecule has 0 saturated carbocycles. The zero-order valence-electron chi connectivity index (χ0n) is 18.8. The van der Waals surface area contributed by atoms with Crippen LogP contribution in [-0.4, -0.2) is 56.2 Å². The van der Waals surface area contributed by atoms with Gasteiger partial charge < -0.3 is 20.7 Å². The van der Waals surface area contributed by atoms with Crippen molar-refractivity contribution in [2.45, 2.75) is 32.4 Å². The fourth-order valence-corrected chi connectivity index (χ4v) is 4.18. The van der Waals surface area contributed by atoms with Gasteiger partial charge in [-0.15, -0.1) is 0 Å². The number of hydrogen-bond acceptors (Lipinski definition) is 4. The van der Waals surface area contributed by atoms with Crippen LogP contribution in [0.2, 0.25) is 0 Å². The molecule has 4 rings (SSSR count). The number of aliphatic imine (C=N–C) groups is 1. The van der Waals surface area contributed by atoms with Gasteiger partial charge in [0, 0.05) is 50.7 Å². The van der Waals surface area contributed by atoms with Crippen LogP contribution in [0, 0.1) is 0 Å². The number of anilines is 1. The molecule has 0 radical (unpaired) electrons. The van der Waals surface area contributed by atoms with E-state index in [-0.39, 0.29) is 11.8 Å². The fourth-order valence-electron chi connectivity index (χ4n) is 4.18. The summed E-state index contributed by atoms with van der Waals surface area (Å²) in [6.07, 6.45) is 0.480. The molecule has 32 heavy (non-hydrogen) atoms. The summed E-state index contributed by atoms with van der Waals surface area (Å²) >= 11 is 0. The highest BCUT2D eigenvalue weighted by Crippen LogP contribution is 2.31. The van der Waals surface area contributed by atoms with E-state index < -0.39 is 0 Å². The third-order valence-electron chi connectivity index (χ3n) is 5.92. The van der Waals surface area contributed by atoms with Crippen molar-refractivity contribution >= 4 is 17.6 Å². The molecule has 1 unspecified atom stereocenters. The fraction of sp³-hybridized carbons (Fsp3) is 0.440. The minimum Gasteiger partial charge on any atom is -0.379 e. The van der Waals surface area contributed by atoms with Gasteiger partial charge in [0.2, 0.25) is 5.91 Å². The number of para-hydroxylation sites is 1. The molecular formula is C25H33N5O2. The number of rotatable bonds is 7. The lowest BCUT2D eigenvalue weighted by Crippen LogP contribution is -2.40. The maximum Gasteiger partial charge on any atom is 0.225 e. The van der Waals surface area contributed by atoms with Crippen LogP contribution < -0.4 is 16.0 Å². The number of morpholine rings is 1. The molecule has 2 heterocycles. The monoisotopic (exact) mass is 435 g/mol. The largest absolute Gasteiger partial charge is 0.379 e. The first-order valence-electron chi connectivity index (χ1n) is 11.5. The summed E-state index contributed by atoms with van der Waals surface area (Å²) in [6, 6.07) is 16.7. The summed E-state index contributed by atoms with van der Waals surface area (Å²) in [5, 5.41) is 9.70. The average molecular weight is 436 g/mol. The van der Waals surface area contributed by atoms with Crippen LogP contribution in [-0.2, 0) is 22.6 Å². The van der Waals surface area contributed by atoms with Crippen molar-refractivity contribution in [3.05, 3.63) is 65.2 Å². The van der Waals surface area contributed by atoms with E-state index in [0.29, 0.717) is 19.5 Å². The smallest absolute Gasteiger partial charge is 0.225 e. The summed E-state index contributed by atoms with van der Waals surface area (Å²) in [6.45, 7) is 8.71. The maximum absolute atomic E-state index is 12.1. The molecule has 0 aliphatic carbocycles. The van der Waals surface area contributed by atoms with E-state index in [1.54, 1.807) is 0 Å². The highest BCUT2D eigenvalue weighted by Gasteiger charge is 2.24. The predicted octanol–water partition coefficient (Wildman–Crippen LogP) is 2.70. The number of carbonyl (C=O) groups excluding carboxylic acids is 1. The summed E-state index contributed by atoms with van der Waals surface area (Å²) in [4.78, 5) is 19.3. The molecule has 7 heteroatoms. The molecular weight excluding hydrogens is 402 g/mol. The summed E-state index contributed by atoms with van der Waals surface area (Å²) in [7, 11) is 0. The van der Waals surface area contributed by atoms with E-state index in [2.05, 4.69) is 58.1 Å². The van der Waals surface area contributed by atoms with Crippen molar-refractivity contribution < 1.29 is 9.53 Å². The Bertz CT molecular complexity index is 922. The number of nitrogens with one attached hydrogen (secondary N) is 3. The summed E-state index contributed by atoms with van der Waals surface area (Å²) in [5.41, 5.74) is 4.58. The van der Waals surface area contributed by atoms with Crippen LogP contribution in [0.4, 0.5) is 5.69 Å². The number of benzene rings is 2. The van der Waals surface area contributed by atoms with E-state index in [0.717, 1.165) is 51.0 Å². The van der Waals surface area contributed by atoms with Crippen LogP contribution in [0.1, 0.15) is 36.0 Å². The topological polar surface area (TPSA) is 78.0 Å². The van der Waals surface area contributed by atoms with Gasteiger partial charge in [0.05, 0.1) is 19.8 Å². The standard InChI is InChI=1S/C25H33N5O2/c1-2-26-25(28-17-21-15-24(31)29-23-6-4-3-5-22(21)23)27-16-19-7-9-20(10-8-19)18-30-11-13-32-14-12-30/h3-10,21H,2,11-18H2,1H3,(H,29,31)(H2,26,27,28). The molecule has 3 N–H and O–H groups in total. The van der Waals surface area contributed by atoms with Gasteiger partial charge in [-0.05, 0) is 29.7 Å². The molecule has 0 bridgehead atoms. The molecule has 7 nitrogen and oxygen atoms in total. The Kier molecular flexibility index (Phi) is 7.74. The molecule has 2 aromatic carbocycles. The molecule has 1 atom stereocenters. The Morgan fingerprint density at radius 3 is 2.62 bits per heavy atom. The SMILES string of the molecule is CCNC(=NCc1ccc(CN2CCOCC2)cc1)NCC1CC(=O)Nc2ccccc21. The molecule has 0 aromatic heterocycles. The van der Waals surface area contributed by atoms with E-state index in [1.807, 2.05) is 18.2 Å². The quantitative estimate of drug-likeness (QED) is 0.460. The van der Waals surface area contributed by atoms with Gasteiger partial charge in [-0.1, -0.05) is 42.5 Å².